The van der Waals surface area contributed by atoms with Crippen molar-refractivity contribution in [2.75, 3.05) is 33.8 Å². The number of nitrogens with zero attached hydrogens (tertiary/aromatic N) is 4. The van der Waals surface area contributed by atoms with E-state index in [1.54, 1.807) is 36.2 Å². The summed E-state index contributed by atoms with van der Waals surface area (Å²) in [5.41, 5.74) is 3.25. The summed E-state index contributed by atoms with van der Waals surface area (Å²) in [5, 5.41) is 7.54. The van der Waals surface area contributed by atoms with Gasteiger partial charge in [0.1, 0.15) is 6.10 Å². The molecule has 1 aliphatic heterocycles. The molecule has 0 unspecified atom stereocenters. The number of H-pyrrole nitrogens is 1. The number of hydrogen-bond donors (Lipinski definition) is 1. The summed E-state index contributed by atoms with van der Waals surface area (Å²) >= 11 is 0. The number of para-hydroxylation sites is 1. The molecule has 2 aromatic heterocycles. The number of aromatic amines is 1. The smallest absolute Gasteiger partial charge is 0.257 e. The topological polar surface area (TPSA) is 91.4 Å². The van der Waals surface area contributed by atoms with E-state index in [9.17, 15) is 9.59 Å². The number of nitrogens with one attached hydrogen (secondary N) is 1. The number of pyridine rings is 1. The number of morpholine rings is 1. The predicted molar refractivity (Wildman–Crippen MR) is 108 cm³/mol. The number of aryl methyl sites for hydroxylation is 1. The minimum Gasteiger partial charge on any atom is -0.368 e. The van der Waals surface area contributed by atoms with Gasteiger partial charge in [-0.25, -0.2) is 4.98 Å². The van der Waals surface area contributed by atoms with Gasteiger partial charge in [0, 0.05) is 31.7 Å². The Hall–Kier alpha value is -3.26. The van der Waals surface area contributed by atoms with E-state index in [4.69, 9.17) is 9.72 Å². The zero-order chi connectivity index (χ0) is 20.5. The van der Waals surface area contributed by atoms with Crippen LogP contribution in [-0.2, 0) is 4.74 Å². The Bertz CT molecular complexity index is 1080. The number of ether oxygens (including phenoxy) is 1. The van der Waals surface area contributed by atoms with Gasteiger partial charge in [-0.3, -0.25) is 14.7 Å². The number of carbonyl (C=O) groups is 2. The third kappa shape index (κ3) is 3.58. The highest BCUT2D eigenvalue weighted by Gasteiger charge is 2.29. The van der Waals surface area contributed by atoms with Crippen molar-refractivity contribution in [2.45, 2.75) is 13.0 Å². The third-order valence-electron chi connectivity index (χ3n) is 5.12. The van der Waals surface area contributed by atoms with E-state index in [0.717, 1.165) is 16.6 Å². The van der Waals surface area contributed by atoms with Crippen molar-refractivity contribution in [3.8, 4) is 0 Å². The zero-order valence-electron chi connectivity index (χ0n) is 16.7. The molecule has 3 aromatic rings. The van der Waals surface area contributed by atoms with Gasteiger partial charge in [0.25, 0.3) is 11.8 Å². The largest absolute Gasteiger partial charge is 0.368 e. The minimum atomic E-state index is -0.404. The van der Waals surface area contributed by atoms with Crippen molar-refractivity contribution in [2.24, 2.45) is 0 Å². The van der Waals surface area contributed by atoms with Gasteiger partial charge in [-0.1, -0.05) is 18.2 Å². The SMILES string of the molecule is Cc1[nH]ncc1C(=O)N1CCO[C@H](c2cc(C(=O)N(C)C)c3ccccc3n2)C1. The minimum absolute atomic E-state index is 0.0880. The molecule has 1 atom stereocenters. The molecule has 2 amide bonds. The van der Waals surface area contributed by atoms with E-state index >= 15 is 0 Å². The molecular weight excluding hydrogens is 370 g/mol. The fourth-order valence-corrected chi connectivity index (χ4v) is 3.53. The van der Waals surface area contributed by atoms with Crippen LogP contribution in [0, 0.1) is 6.92 Å². The van der Waals surface area contributed by atoms with E-state index in [0.29, 0.717) is 36.5 Å². The lowest BCUT2D eigenvalue weighted by atomic mass is 10.0. The maximum Gasteiger partial charge on any atom is 0.257 e. The highest BCUT2D eigenvalue weighted by atomic mass is 16.5. The van der Waals surface area contributed by atoms with Crippen LogP contribution in [0.15, 0.2) is 36.5 Å². The molecule has 0 bridgehead atoms. The Morgan fingerprint density at radius 2 is 2.03 bits per heavy atom. The molecule has 4 rings (SSSR count). The first-order valence-electron chi connectivity index (χ1n) is 9.48. The number of amides is 2. The second-order valence-electron chi connectivity index (χ2n) is 7.33. The highest BCUT2D eigenvalue weighted by Crippen LogP contribution is 2.27. The zero-order valence-corrected chi connectivity index (χ0v) is 16.7. The van der Waals surface area contributed by atoms with Gasteiger partial charge in [0.2, 0.25) is 0 Å². The van der Waals surface area contributed by atoms with Gasteiger partial charge in [-0.15, -0.1) is 0 Å². The summed E-state index contributed by atoms with van der Waals surface area (Å²) in [5.74, 6) is -0.183. The van der Waals surface area contributed by atoms with Gasteiger partial charge in [-0.2, -0.15) is 5.10 Å². The molecule has 0 radical (unpaired) electrons. The maximum absolute atomic E-state index is 12.9. The first-order valence-corrected chi connectivity index (χ1v) is 9.48. The number of hydrogen-bond acceptors (Lipinski definition) is 5. The van der Waals surface area contributed by atoms with Crippen molar-refractivity contribution in [1.82, 2.24) is 25.0 Å². The molecule has 1 N–H and O–H groups in total. The molecule has 8 heteroatoms. The Balaban J connectivity index is 1.68. The standard InChI is InChI=1S/C21H23N5O3/c1-13-16(11-22-24-13)21(28)26-8-9-29-19(12-26)18-10-15(20(27)25(2)3)14-6-4-5-7-17(14)23-18/h4-7,10-11,19H,8-9,12H2,1-3H3,(H,22,24)/t19-/m0/s1. The molecule has 29 heavy (non-hydrogen) atoms. The van der Waals surface area contributed by atoms with Crippen LogP contribution in [0.1, 0.15) is 38.2 Å². The maximum atomic E-state index is 12.9. The van der Waals surface area contributed by atoms with E-state index in [1.807, 2.05) is 31.2 Å². The third-order valence-corrected chi connectivity index (χ3v) is 5.12. The number of benzene rings is 1. The Morgan fingerprint density at radius 1 is 1.24 bits per heavy atom. The lowest BCUT2D eigenvalue weighted by molar-refractivity contribution is -0.0246. The summed E-state index contributed by atoms with van der Waals surface area (Å²) in [6, 6.07) is 9.34. The molecule has 150 valence electrons. The summed E-state index contributed by atoms with van der Waals surface area (Å²) in [7, 11) is 3.45. The average molecular weight is 393 g/mol. The molecule has 0 aliphatic carbocycles. The molecule has 0 spiro atoms. The molecular formula is C21H23N5O3. The van der Waals surface area contributed by atoms with Crippen molar-refractivity contribution in [3.05, 3.63) is 59.0 Å². The fourth-order valence-electron chi connectivity index (χ4n) is 3.53. The van der Waals surface area contributed by atoms with Crippen LogP contribution in [0.3, 0.4) is 0 Å². The van der Waals surface area contributed by atoms with Crippen LogP contribution >= 0.6 is 0 Å². The second kappa shape index (κ2) is 7.63. The molecule has 3 heterocycles. The second-order valence-corrected chi connectivity index (χ2v) is 7.33. The molecule has 8 nitrogen and oxygen atoms in total. The summed E-state index contributed by atoms with van der Waals surface area (Å²) in [6.07, 6.45) is 1.14. The number of rotatable bonds is 3. The lowest BCUT2D eigenvalue weighted by Gasteiger charge is -2.33. The van der Waals surface area contributed by atoms with Crippen molar-refractivity contribution < 1.29 is 14.3 Å². The summed E-state index contributed by atoms with van der Waals surface area (Å²) in [4.78, 5) is 33.6. The summed E-state index contributed by atoms with van der Waals surface area (Å²) in [6.45, 7) is 3.09. The Morgan fingerprint density at radius 3 is 2.76 bits per heavy atom. The number of fused-ring (bicyclic) bond motifs is 1. The van der Waals surface area contributed by atoms with Crippen LogP contribution in [0.25, 0.3) is 10.9 Å². The van der Waals surface area contributed by atoms with Gasteiger partial charge >= 0.3 is 0 Å². The van der Waals surface area contributed by atoms with Gasteiger partial charge < -0.3 is 14.5 Å². The van der Waals surface area contributed by atoms with E-state index < -0.39 is 6.10 Å². The summed E-state index contributed by atoms with van der Waals surface area (Å²) < 4.78 is 5.93. The number of carbonyl (C=O) groups excluding carboxylic acids is 2. The van der Waals surface area contributed by atoms with Crippen LogP contribution in [-0.4, -0.2) is 70.6 Å². The Labute approximate surface area is 168 Å². The molecule has 0 saturated carbocycles. The molecule has 1 aromatic carbocycles. The fraction of sp³-hybridized carbons (Fsp3) is 0.333. The van der Waals surface area contributed by atoms with Crippen LogP contribution < -0.4 is 0 Å². The first kappa shape index (κ1) is 19.1. The van der Waals surface area contributed by atoms with E-state index in [-0.39, 0.29) is 11.8 Å². The lowest BCUT2D eigenvalue weighted by Crippen LogP contribution is -2.42. The Kier molecular flexibility index (Phi) is 5.02. The van der Waals surface area contributed by atoms with E-state index in [2.05, 4.69) is 10.2 Å². The van der Waals surface area contributed by atoms with Crippen molar-refractivity contribution >= 4 is 22.7 Å². The van der Waals surface area contributed by atoms with Crippen LogP contribution in [0.5, 0.6) is 0 Å². The number of aromatic nitrogens is 3. The van der Waals surface area contributed by atoms with Crippen LogP contribution in [0.4, 0.5) is 0 Å². The van der Waals surface area contributed by atoms with Gasteiger partial charge in [-0.05, 0) is 19.1 Å². The predicted octanol–water partition coefficient (Wildman–Crippen LogP) is 2.18. The van der Waals surface area contributed by atoms with Crippen LogP contribution in [0.2, 0.25) is 0 Å². The quantitative estimate of drug-likeness (QED) is 0.736. The van der Waals surface area contributed by atoms with E-state index in [1.165, 1.54) is 0 Å². The normalized spacial score (nSPS) is 16.8. The van der Waals surface area contributed by atoms with Gasteiger partial charge in [0.05, 0.1) is 41.7 Å². The molecule has 1 fully saturated rings. The van der Waals surface area contributed by atoms with Gasteiger partial charge in [0.15, 0.2) is 0 Å². The highest BCUT2D eigenvalue weighted by molar-refractivity contribution is 6.06. The first-order chi connectivity index (χ1) is 14.0. The van der Waals surface area contributed by atoms with Crippen molar-refractivity contribution in [3.63, 3.8) is 0 Å². The van der Waals surface area contributed by atoms with Crippen molar-refractivity contribution in [1.29, 1.82) is 0 Å². The molecule has 1 aliphatic rings. The average Bonchev–Trinajstić information content (AvgIpc) is 3.17. The molecule has 1 saturated heterocycles. The monoisotopic (exact) mass is 393 g/mol.